The van der Waals surface area contributed by atoms with Crippen molar-refractivity contribution in [3.05, 3.63) is 41.7 Å². The average Bonchev–Trinajstić information content (AvgIpc) is 2.88. The van der Waals surface area contributed by atoms with Gasteiger partial charge in [0.05, 0.1) is 17.6 Å². The summed E-state index contributed by atoms with van der Waals surface area (Å²) in [6.45, 7) is 9.34. The van der Waals surface area contributed by atoms with Crippen molar-refractivity contribution >= 4 is 17.4 Å². The van der Waals surface area contributed by atoms with E-state index in [-0.39, 0.29) is 6.03 Å². The van der Waals surface area contributed by atoms with E-state index in [2.05, 4.69) is 43.4 Å². The minimum Gasteiger partial charge on any atom is -0.308 e. The van der Waals surface area contributed by atoms with E-state index in [1.165, 1.54) is 5.56 Å². The van der Waals surface area contributed by atoms with Crippen LogP contribution in [0.3, 0.4) is 0 Å². The molecule has 1 heterocycles. The summed E-state index contributed by atoms with van der Waals surface area (Å²) in [6.07, 6.45) is 3.54. The Kier molecular flexibility index (Phi) is 5.79. The third-order valence-corrected chi connectivity index (χ3v) is 3.69. The van der Waals surface area contributed by atoms with Crippen LogP contribution in [0.1, 0.15) is 39.0 Å². The highest BCUT2D eigenvalue weighted by atomic mass is 16.2. The van der Waals surface area contributed by atoms with Crippen LogP contribution in [0.25, 0.3) is 0 Å². The first-order valence-corrected chi connectivity index (χ1v) is 8.25. The predicted octanol–water partition coefficient (Wildman–Crippen LogP) is 4.31. The van der Waals surface area contributed by atoms with E-state index < -0.39 is 0 Å². The van der Waals surface area contributed by atoms with E-state index in [4.69, 9.17) is 0 Å². The lowest BCUT2D eigenvalue weighted by Gasteiger charge is -2.11. The third kappa shape index (κ3) is 4.58. The molecule has 2 aromatic rings. The van der Waals surface area contributed by atoms with Crippen LogP contribution in [-0.2, 0) is 19.4 Å². The largest absolute Gasteiger partial charge is 0.323 e. The maximum absolute atomic E-state index is 12.2. The SMILES string of the molecule is CCc1ccc(NC(=O)Nc2cnn(CC(C)C)c2CC)cc1. The van der Waals surface area contributed by atoms with Crippen LogP contribution in [0.2, 0.25) is 0 Å². The van der Waals surface area contributed by atoms with Crippen LogP contribution in [0.15, 0.2) is 30.5 Å². The number of nitrogens with zero attached hydrogens (tertiary/aromatic N) is 2. The second kappa shape index (κ2) is 7.81. The van der Waals surface area contributed by atoms with Gasteiger partial charge in [-0.3, -0.25) is 4.68 Å². The van der Waals surface area contributed by atoms with Crippen LogP contribution < -0.4 is 10.6 Å². The lowest BCUT2D eigenvalue weighted by molar-refractivity contribution is 0.262. The Morgan fingerprint density at radius 1 is 1.13 bits per heavy atom. The number of carbonyl (C=O) groups is 1. The molecule has 0 unspecified atom stereocenters. The number of nitrogens with one attached hydrogen (secondary N) is 2. The zero-order chi connectivity index (χ0) is 16.8. The van der Waals surface area contributed by atoms with Crippen LogP contribution in [-0.4, -0.2) is 15.8 Å². The van der Waals surface area contributed by atoms with Crippen molar-refractivity contribution in [3.8, 4) is 0 Å². The normalized spacial score (nSPS) is 10.8. The number of urea groups is 1. The summed E-state index contributed by atoms with van der Waals surface area (Å²) in [5.74, 6) is 0.513. The Morgan fingerprint density at radius 2 is 1.83 bits per heavy atom. The first-order valence-electron chi connectivity index (χ1n) is 8.25. The van der Waals surface area contributed by atoms with Crippen molar-refractivity contribution in [2.45, 2.75) is 47.1 Å². The summed E-state index contributed by atoms with van der Waals surface area (Å²) in [5.41, 5.74) is 3.86. The molecule has 0 radical (unpaired) electrons. The highest BCUT2D eigenvalue weighted by Gasteiger charge is 2.12. The zero-order valence-electron chi connectivity index (χ0n) is 14.4. The van der Waals surface area contributed by atoms with Gasteiger partial charge in [-0.25, -0.2) is 4.79 Å². The lowest BCUT2D eigenvalue weighted by atomic mass is 10.1. The Hall–Kier alpha value is -2.30. The van der Waals surface area contributed by atoms with Crippen molar-refractivity contribution in [1.82, 2.24) is 9.78 Å². The second-order valence-corrected chi connectivity index (χ2v) is 6.06. The number of amides is 2. The summed E-state index contributed by atoms with van der Waals surface area (Å²) >= 11 is 0. The van der Waals surface area contributed by atoms with E-state index >= 15 is 0 Å². The molecule has 0 aliphatic rings. The number of hydrogen-bond acceptors (Lipinski definition) is 2. The van der Waals surface area contributed by atoms with E-state index in [1.54, 1.807) is 6.20 Å². The average molecular weight is 314 g/mol. The Morgan fingerprint density at radius 3 is 2.39 bits per heavy atom. The highest BCUT2D eigenvalue weighted by Crippen LogP contribution is 2.18. The van der Waals surface area contributed by atoms with Crippen LogP contribution >= 0.6 is 0 Å². The molecular weight excluding hydrogens is 288 g/mol. The Bertz CT molecular complexity index is 644. The van der Waals surface area contributed by atoms with Gasteiger partial charge in [0.25, 0.3) is 0 Å². The van der Waals surface area contributed by atoms with Gasteiger partial charge in [-0.1, -0.05) is 39.8 Å². The smallest absolute Gasteiger partial charge is 0.308 e. The summed E-state index contributed by atoms with van der Waals surface area (Å²) in [4.78, 5) is 12.2. The van der Waals surface area contributed by atoms with Crippen LogP contribution in [0, 0.1) is 5.92 Å². The molecule has 0 spiro atoms. The molecular formula is C18H26N4O. The fraction of sp³-hybridized carbons (Fsp3) is 0.444. The number of hydrogen-bond donors (Lipinski definition) is 2. The van der Waals surface area contributed by atoms with Gasteiger partial charge >= 0.3 is 6.03 Å². The van der Waals surface area contributed by atoms with Gasteiger partial charge in [0.15, 0.2) is 0 Å². The van der Waals surface area contributed by atoms with E-state index in [0.717, 1.165) is 36.5 Å². The number of rotatable bonds is 6. The lowest BCUT2D eigenvalue weighted by Crippen LogP contribution is -2.20. The van der Waals surface area contributed by atoms with Gasteiger partial charge in [0, 0.05) is 12.2 Å². The number of aromatic nitrogens is 2. The molecule has 2 amide bonds. The van der Waals surface area contributed by atoms with E-state index in [1.807, 2.05) is 28.9 Å². The summed E-state index contributed by atoms with van der Waals surface area (Å²) in [5, 5.41) is 10.1. The molecule has 124 valence electrons. The first-order chi connectivity index (χ1) is 11.0. The molecule has 0 atom stereocenters. The van der Waals surface area contributed by atoms with Gasteiger partial charge < -0.3 is 10.6 Å². The molecule has 1 aromatic heterocycles. The number of aryl methyl sites for hydroxylation is 1. The van der Waals surface area contributed by atoms with Crippen molar-refractivity contribution in [1.29, 1.82) is 0 Å². The molecule has 0 saturated carbocycles. The highest BCUT2D eigenvalue weighted by molar-refractivity contribution is 6.00. The van der Waals surface area contributed by atoms with Crippen molar-refractivity contribution < 1.29 is 4.79 Å². The summed E-state index contributed by atoms with van der Waals surface area (Å²) < 4.78 is 1.97. The maximum Gasteiger partial charge on any atom is 0.323 e. The number of carbonyl (C=O) groups excluding carboxylic acids is 1. The minimum absolute atomic E-state index is 0.243. The molecule has 23 heavy (non-hydrogen) atoms. The molecule has 5 nitrogen and oxygen atoms in total. The van der Waals surface area contributed by atoms with Crippen molar-refractivity contribution in [2.24, 2.45) is 5.92 Å². The van der Waals surface area contributed by atoms with E-state index in [0.29, 0.717) is 5.92 Å². The van der Waals surface area contributed by atoms with Crippen LogP contribution in [0.4, 0.5) is 16.2 Å². The molecule has 0 aliphatic carbocycles. The predicted molar refractivity (Wildman–Crippen MR) is 94.9 cm³/mol. The van der Waals surface area contributed by atoms with Gasteiger partial charge in [-0.05, 0) is 36.5 Å². The third-order valence-electron chi connectivity index (χ3n) is 3.69. The standard InChI is InChI=1S/C18H26N4O/c1-5-14-7-9-15(10-8-14)20-18(23)21-16-11-19-22(12-13(3)4)17(16)6-2/h7-11,13H,5-6,12H2,1-4H3,(H2,20,21,23). The molecule has 1 aromatic carbocycles. The Labute approximate surface area is 138 Å². The van der Waals surface area contributed by atoms with E-state index in [9.17, 15) is 4.79 Å². The monoisotopic (exact) mass is 314 g/mol. The zero-order valence-corrected chi connectivity index (χ0v) is 14.4. The fourth-order valence-electron chi connectivity index (χ4n) is 2.50. The maximum atomic E-state index is 12.2. The minimum atomic E-state index is -0.243. The second-order valence-electron chi connectivity index (χ2n) is 6.06. The Balaban J connectivity index is 2.03. The number of anilines is 2. The molecule has 0 aliphatic heterocycles. The molecule has 0 saturated heterocycles. The quantitative estimate of drug-likeness (QED) is 0.834. The van der Waals surface area contributed by atoms with Gasteiger partial charge in [-0.15, -0.1) is 0 Å². The van der Waals surface area contributed by atoms with Gasteiger partial charge in [-0.2, -0.15) is 5.10 Å². The summed E-state index contributed by atoms with van der Waals surface area (Å²) in [7, 11) is 0. The first kappa shape index (κ1) is 17.1. The molecule has 5 heteroatoms. The molecule has 2 rings (SSSR count). The van der Waals surface area contributed by atoms with Gasteiger partial charge in [0.1, 0.15) is 0 Å². The molecule has 0 fully saturated rings. The van der Waals surface area contributed by atoms with Gasteiger partial charge in [0.2, 0.25) is 0 Å². The van der Waals surface area contributed by atoms with Crippen molar-refractivity contribution in [2.75, 3.05) is 10.6 Å². The fourth-order valence-corrected chi connectivity index (χ4v) is 2.50. The molecule has 0 bridgehead atoms. The van der Waals surface area contributed by atoms with Crippen LogP contribution in [0.5, 0.6) is 0 Å². The molecule has 2 N–H and O–H groups in total. The topological polar surface area (TPSA) is 59.0 Å². The number of benzene rings is 1. The summed E-state index contributed by atoms with van der Waals surface area (Å²) in [6, 6.07) is 7.64. The van der Waals surface area contributed by atoms with Crippen molar-refractivity contribution in [3.63, 3.8) is 0 Å².